The van der Waals surface area contributed by atoms with Gasteiger partial charge in [-0.05, 0) is 37.8 Å². The summed E-state index contributed by atoms with van der Waals surface area (Å²) in [5.41, 5.74) is 9.15. The molecule has 0 amide bonds. The maximum atomic E-state index is 6.06. The minimum atomic E-state index is 0.104. The lowest BCUT2D eigenvalue weighted by Crippen LogP contribution is -2.22. The third-order valence-electron chi connectivity index (χ3n) is 3.27. The number of nitrogens with zero attached hydrogens (tertiary/aromatic N) is 2. The van der Waals surface area contributed by atoms with Crippen LogP contribution in [0.3, 0.4) is 0 Å². The van der Waals surface area contributed by atoms with Gasteiger partial charge in [-0.25, -0.2) is 4.98 Å². The number of para-hydroxylation sites is 2. The Balaban J connectivity index is 1.81. The molecular weight excluding hydrogens is 198 g/mol. The van der Waals surface area contributed by atoms with Crippen molar-refractivity contribution in [3.8, 4) is 0 Å². The minimum Gasteiger partial charge on any atom is -0.325 e. The van der Waals surface area contributed by atoms with Crippen molar-refractivity contribution in [2.75, 3.05) is 0 Å². The Morgan fingerprint density at radius 2 is 1.94 bits per heavy atom. The van der Waals surface area contributed by atoms with Crippen LogP contribution in [0.2, 0.25) is 0 Å². The van der Waals surface area contributed by atoms with Gasteiger partial charge in [0, 0.05) is 11.7 Å². The second kappa shape index (κ2) is 3.52. The molecule has 0 spiro atoms. The lowest BCUT2D eigenvalue weighted by atomic mass is 10.1. The summed E-state index contributed by atoms with van der Waals surface area (Å²) < 4.78 is 0. The van der Waals surface area contributed by atoms with Gasteiger partial charge in [0.1, 0.15) is 0 Å². The first-order valence-electron chi connectivity index (χ1n) is 5.75. The molecule has 82 valence electrons. The smallest absolute Gasteiger partial charge is 0.0890 e. The molecule has 1 fully saturated rings. The number of aryl methyl sites for hydroxylation is 1. The molecule has 1 aliphatic rings. The monoisotopic (exact) mass is 213 g/mol. The number of hydrogen-bond donors (Lipinski definition) is 1. The molecule has 0 radical (unpaired) electrons. The van der Waals surface area contributed by atoms with E-state index in [1.807, 2.05) is 30.5 Å². The summed E-state index contributed by atoms with van der Waals surface area (Å²) in [5.74, 6) is 0. The summed E-state index contributed by atoms with van der Waals surface area (Å²) in [7, 11) is 0. The summed E-state index contributed by atoms with van der Waals surface area (Å²) in [6.45, 7) is 0. The van der Waals surface area contributed by atoms with E-state index in [0.29, 0.717) is 0 Å². The molecule has 16 heavy (non-hydrogen) atoms. The van der Waals surface area contributed by atoms with Gasteiger partial charge in [-0.2, -0.15) is 0 Å². The van der Waals surface area contributed by atoms with Gasteiger partial charge in [0.2, 0.25) is 0 Å². The highest BCUT2D eigenvalue weighted by molar-refractivity contribution is 5.73. The third kappa shape index (κ3) is 1.91. The molecule has 1 aromatic heterocycles. The van der Waals surface area contributed by atoms with Gasteiger partial charge < -0.3 is 5.73 Å². The first-order chi connectivity index (χ1) is 7.75. The van der Waals surface area contributed by atoms with Crippen LogP contribution in [0.15, 0.2) is 30.5 Å². The maximum Gasteiger partial charge on any atom is 0.0890 e. The first kappa shape index (κ1) is 9.73. The van der Waals surface area contributed by atoms with E-state index in [-0.39, 0.29) is 5.54 Å². The van der Waals surface area contributed by atoms with Crippen LogP contribution >= 0.6 is 0 Å². The van der Waals surface area contributed by atoms with Crippen LogP contribution in [0.25, 0.3) is 11.0 Å². The SMILES string of the molecule is NC1(CCc2cnc3ccccc3n2)CC1. The predicted octanol–water partition coefficient (Wildman–Crippen LogP) is 2.05. The molecule has 1 aromatic carbocycles. The fraction of sp³-hybridized carbons (Fsp3) is 0.385. The molecule has 0 saturated heterocycles. The number of hydrogen-bond acceptors (Lipinski definition) is 3. The van der Waals surface area contributed by atoms with Crippen molar-refractivity contribution >= 4 is 11.0 Å². The number of aromatic nitrogens is 2. The van der Waals surface area contributed by atoms with Crippen LogP contribution in [0.1, 0.15) is 25.0 Å². The zero-order valence-electron chi connectivity index (χ0n) is 9.19. The molecule has 0 unspecified atom stereocenters. The highest BCUT2D eigenvalue weighted by Crippen LogP contribution is 2.36. The van der Waals surface area contributed by atoms with Crippen LogP contribution in [0.5, 0.6) is 0 Å². The molecule has 0 aliphatic heterocycles. The number of fused-ring (bicyclic) bond motifs is 1. The van der Waals surface area contributed by atoms with E-state index in [1.54, 1.807) is 0 Å². The zero-order valence-corrected chi connectivity index (χ0v) is 9.19. The third-order valence-corrected chi connectivity index (χ3v) is 3.27. The Bertz CT molecular complexity index is 517. The van der Waals surface area contributed by atoms with Gasteiger partial charge in [0.05, 0.1) is 16.7 Å². The van der Waals surface area contributed by atoms with Crippen molar-refractivity contribution < 1.29 is 0 Å². The lowest BCUT2D eigenvalue weighted by Gasteiger charge is -2.07. The minimum absolute atomic E-state index is 0.104. The lowest BCUT2D eigenvalue weighted by molar-refractivity contribution is 0.603. The molecule has 3 nitrogen and oxygen atoms in total. The van der Waals surface area contributed by atoms with E-state index in [4.69, 9.17) is 5.73 Å². The van der Waals surface area contributed by atoms with Crippen LogP contribution in [0, 0.1) is 0 Å². The molecule has 3 heteroatoms. The molecule has 2 aromatic rings. The average Bonchev–Trinajstić information content (AvgIpc) is 3.05. The van der Waals surface area contributed by atoms with Crippen LogP contribution in [-0.4, -0.2) is 15.5 Å². The van der Waals surface area contributed by atoms with Crippen LogP contribution in [0.4, 0.5) is 0 Å². The van der Waals surface area contributed by atoms with Gasteiger partial charge in [0.15, 0.2) is 0 Å². The normalized spacial score (nSPS) is 17.6. The Labute approximate surface area is 94.7 Å². The van der Waals surface area contributed by atoms with Gasteiger partial charge in [-0.1, -0.05) is 12.1 Å². The number of rotatable bonds is 3. The fourth-order valence-corrected chi connectivity index (χ4v) is 1.90. The second-order valence-electron chi connectivity index (χ2n) is 4.71. The van der Waals surface area contributed by atoms with Gasteiger partial charge in [-0.15, -0.1) is 0 Å². The number of benzene rings is 1. The molecule has 1 heterocycles. The summed E-state index contributed by atoms with van der Waals surface area (Å²) >= 11 is 0. The van der Waals surface area contributed by atoms with E-state index in [0.717, 1.165) is 42.4 Å². The Hall–Kier alpha value is -1.48. The largest absolute Gasteiger partial charge is 0.325 e. The fourth-order valence-electron chi connectivity index (χ4n) is 1.90. The van der Waals surface area contributed by atoms with E-state index in [2.05, 4.69) is 9.97 Å². The molecule has 3 rings (SSSR count). The van der Waals surface area contributed by atoms with Crippen LogP contribution < -0.4 is 5.73 Å². The zero-order chi connectivity index (χ0) is 11.0. The quantitative estimate of drug-likeness (QED) is 0.849. The second-order valence-corrected chi connectivity index (χ2v) is 4.71. The molecule has 1 saturated carbocycles. The van der Waals surface area contributed by atoms with Crippen molar-refractivity contribution in [1.82, 2.24) is 9.97 Å². The highest BCUT2D eigenvalue weighted by Gasteiger charge is 2.37. The van der Waals surface area contributed by atoms with E-state index < -0.39 is 0 Å². The maximum absolute atomic E-state index is 6.06. The Kier molecular flexibility index (Phi) is 2.14. The Morgan fingerprint density at radius 1 is 1.19 bits per heavy atom. The van der Waals surface area contributed by atoms with E-state index in [9.17, 15) is 0 Å². The number of nitrogens with two attached hydrogens (primary N) is 1. The predicted molar refractivity (Wildman–Crippen MR) is 64.0 cm³/mol. The molecule has 0 atom stereocenters. The van der Waals surface area contributed by atoms with E-state index in [1.165, 1.54) is 0 Å². The summed E-state index contributed by atoms with van der Waals surface area (Å²) in [6.07, 6.45) is 6.16. The molecule has 1 aliphatic carbocycles. The van der Waals surface area contributed by atoms with Crippen LogP contribution in [-0.2, 0) is 6.42 Å². The van der Waals surface area contributed by atoms with Gasteiger partial charge >= 0.3 is 0 Å². The van der Waals surface area contributed by atoms with Crippen molar-refractivity contribution in [2.45, 2.75) is 31.2 Å². The standard InChI is InChI=1S/C13H15N3/c14-13(7-8-13)6-5-10-9-15-11-3-1-2-4-12(11)16-10/h1-4,9H,5-8,14H2. The van der Waals surface area contributed by atoms with Crippen molar-refractivity contribution in [3.05, 3.63) is 36.2 Å². The summed E-state index contributed by atoms with van der Waals surface area (Å²) in [6, 6.07) is 7.96. The summed E-state index contributed by atoms with van der Waals surface area (Å²) in [5, 5.41) is 0. The van der Waals surface area contributed by atoms with Gasteiger partial charge in [-0.3, -0.25) is 4.98 Å². The van der Waals surface area contributed by atoms with Crippen molar-refractivity contribution in [1.29, 1.82) is 0 Å². The van der Waals surface area contributed by atoms with Crippen molar-refractivity contribution in [3.63, 3.8) is 0 Å². The van der Waals surface area contributed by atoms with E-state index >= 15 is 0 Å². The first-order valence-corrected chi connectivity index (χ1v) is 5.75. The molecule has 0 bridgehead atoms. The summed E-state index contributed by atoms with van der Waals surface area (Å²) in [4.78, 5) is 8.99. The molecular formula is C13H15N3. The molecule has 2 N–H and O–H groups in total. The van der Waals surface area contributed by atoms with Crippen molar-refractivity contribution in [2.24, 2.45) is 5.73 Å². The average molecular weight is 213 g/mol. The van der Waals surface area contributed by atoms with Gasteiger partial charge in [0.25, 0.3) is 0 Å². The topological polar surface area (TPSA) is 51.8 Å². The highest BCUT2D eigenvalue weighted by atomic mass is 14.8. The Morgan fingerprint density at radius 3 is 2.69 bits per heavy atom.